The van der Waals surface area contributed by atoms with Crippen LogP contribution in [0.2, 0.25) is 0 Å². The Labute approximate surface area is 103 Å². The Morgan fingerprint density at radius 2 is 1.94 bits per heavy atom. The molecule has 0 aromatic heterocycles. The molecule has 1 rings (SSSR count). The van der Waals surface area contributed by atoms with Crippen LogP contribution in [-0.2, 0) is 4.79 Å². The largest absolute Gasteiger partial charge is 0.494 e. The minimum absolute atomic E-state index is 0.194. The van der Waals surface area contributed by atoms with Gasteiger partial charge in [-0.05, 0) is 19.9 Å². The highest BCUT2D eigenvalue weighted by Gasteiger charge is 2.37. The van der Waals surface area contributed by atoms with Crippen molar-refractivity contribution in [2.24, 2.45) is 11.1 Å². The van der Waals surface area contributed by atoms with Gasteiger partial charge in [-0.3, -0.25) is 4.79 Å². The molecule has 0 aliphatic rings. The van der Waals surface area contributed by atoms with Gasteiger partial charge in [-0.1, -0.05) is 0 Å². The third-order valence-electron chi connectivity index (χ3n) is 2.93. The third kappa shape index (κ3) is 2.43. The number of ether oxygens (including phenoxy) is 1. The van der Waals surface area contributed by atoms with Crippen LogP contribution in [0.4, 0.5) is 8.78 Å². The summed E-state index contributed by atoms with van der Waals surface area (Å²) in [4.78, 5) is 11.0. The van der Waals surface area contributed by atoms with E-state index in [1.165, 1.54) is 21.0 Å². The second kappa shape index (κ2) is 4.89. The first-order chi connectivity index (χ1) is 8.21. The van der Waals surface area contributed by atoms with Crippen molar-refractivity contribution in [1.82, 2.24) is 0 Å². The van der Waals surface area contributed by atoms with Gasteiger partial charge in [0, 0.05) is 17.7 Å². The van der Waals surface area contributed by atoms with Crippen molar-refractivity contribution in [3.05, 3.63) is 29.3 Å². The maximum atomic E-state index is 13.7. The van der Waals surface area contributed by atoms with Crippen molar-refractivity contribution in [2.45, 2.75) is 19.9 Å². The minimum atomic E-state index is -1.41. The molecule has 1 aromatic rings. The number of hydrogen-bond acceptors (Lipinski definition) is 3. The molecule has 1 aromatic carbocycles. The lowest BCUT2D eigenvalue weighted by molar-refractivity contribution is -0.148. The number of carbonyl (C=O) groups is 1. The molecule has 0 saturated heterocycles. The fourth-order valence-corrected chi connectivity index (χ4v) is 1.46. The number of aliphatic carboxylic acids is 1. The highest BCUT2D eigenvalue weighted by Crippen LogP contribution is 2.34. The molecule has 3 N–H and O–H groups in total. The first kappa shape index (κ1) is 14.4. The second-order valence-corrected chi connectivity index (χ2v) is 4.51. The van der Waals surface area contributed by atoms with Crippen LogP contribution < -0.4 is 10.5 Å². The summed E-state index contributed by atoms with van der Waals surface area (Å²) < 4.78 is 31.8. The molecule has 0 bridgehead atoms. The molecule has 1 unspecified atom stereocenters. The molecule has 0 spiro atoms. The fourth-order valence-electron chi connectivity index (χ4n) is 1.46. The highest BCUT2D eigenvalue weighted by atomic mass is 19.1. The Kier molecular flexibility index (Phi) is 3.91. The predicted octanol–water partition coefficient (Wildman–Crippen LogP) is 2.08. The smallest absolute Gasteiger partial charge is 0.311 e. The standard InChI is InChI=1S/C12H15F2NO3/c1-12(2,11(16)17)10(15)6-4-8(14)9(18-3)5-7(6)13/h4-5,10H,15H2,1-3H3,(H,16,17). The third-order valence-corrected chi connectivity index (χ3v) is 2.93. The van der Waals surface area contributed by atoms with Gasteiger partial charge in [0.15, 0.2) is 11.6 Å². The highest BCUT2D eigenvalue weighted by molar-refractivity contribution is 5.75. The van der Waals surface area contributed by atoms with E-state index in [1.54, 1.807) is 0 Å². The van der Waals surface area contributed by atoms with Crippen LogP contribution in [0.5, 0.6) is 5.75 Å². The van der Waals surface area contributed by atoms with Crippen LogP contribution in [0.1, 0.15) is 25.5 Å². The molecule has 0 amide bonds. The Hall–Kier alpha value is -1.69. The lowest BCUT2D eigenvalue weighted by Crippen LogP contribution is -2.37. The van der Waals surface area contributed by atoms with Crippen molar-refractivity contribution in [1.29, 1.82) is 0 Å². The molecule has 18 heavy (non-hydrogen) atoms. The molecule has 100 valence electrons. The summed E-state index contributed by atoms with van der Waals surface area (Å²) in [6.45, 7) is 2.70. The number of nitrogens with two attached hydrogens (primary N) is 1. The normalized spacial score (nSPS) is 13.2. The van der Waals surface area contributed by atoms with Gasteiger partial charge in [0.2, 0.25) is 0 Å². The van der Waals surface area contributed by atoms with E-state index in [9.17, 15) is 13.6 Å². The lowest BCUT2D eigenvalue weighted by Gasteiger charge is -2.27. The topological polar surface area (TPSA) is 72.5 Å². The van der Waals surface area contributed by atoms with Crippen molar-refractivity contribution < 1.29 is 23.4 Å². The van der Waals surface area contributed by atoms with Crippen LogP contribution >= 0.6 is 0 Å². The van der Waals surface area contributed by atoms with Crippen LogP contribution in [0, 0.1) is 17.0 Å². The molecular formula is C12H15F2NO3. The molecule has 0 heterocycles. The first-order valence-corrected chi connectivity index (χ1v) is 5.23. The van der Waals surface area contributed by atoms with Gasteiger partial charge in [0.25, 0.3) is 0 Å². The summed E-state index contributed by atoms with van der Waals surface area (Å²) in [5.41, 5.74) is 4.10. The Morgan fingerprint density at radius 1 is 1.39 bits per heavy atom. The average Bonchev–Trinajstić information content (AvgIpc) is 2.30. The molecule has 6 heteroatoms. The van der Waals surface area contributed by atoms with E-state index in [2.05, 4.69) is 4.74 Å². The van der Waals surface area contributed by atoms with E-state index < -0.39 is 29.1 Å². The van der Waals surface area contributed by atoms with Gasteiger partial charge in [0.05, 0.1) is 12.5 Å². The number of rotatable bonds is 4. The Bertz CT molecular complexity index is 475. The quantitative estimate of drug-likeness (QED) is 0.868. The van der Waals surface area contributed by atoms with E-state index in [4.69, 9.17) is 10.8 Å². The molecular weight excluding hydrogens is 244 g/mol. The zero-order valence-electron chi connectivity index (χ0n) is 10.3. The maximum absolute atomic E-state index is 13.7. The van der Waals surface area contributed by atoms with E-state index >= 15 is 0 Å². The van der Waals surface area contributed by atoms with Crippen LogP contribution in [0.15, 0.2) is 12.1 Å². The second-order valence-electron chi connectivity index (χ2n) is 4.51. The van der Waals surface area contributed by atoms with Gasteiger partial charge >= 0.3 is 5.97 Å². The summed E-state index contributed by atoms with van der Waals surface area (Å²) in [5.74, 6) is -3.03. The summed E-state index contributed by atoms with van der Waals surface area (Å²) in [6, 6.07) is 0.543. The number of benzene rings is 1. The summed E-state index contributed by atoms with van der Waals surface area (Å²) in [7, 11) is 1.21. The fraction of sp³-hybridized carbons (Fsp3) is 0.417. The number of halogens is 2. The zero-order valence-corrected chi connectivity index (χ0v) is 10.3. The summed E-state index contributed by atoms with van der Waals surface area (Å²) >= 11 is 0. The van der Waals surface area contributed by atoms with E-state index in [0.717, 1.165) is 12.1 Å². The average molecular weight is 259 g/mol. The van der Waals surface area contributed by atoms with E-state index in [0.29, 0.717) is 0 Å². The molecule has 0 fully saturated rings. The molecule has 4 nitrogen and oxygen atoms in total. The summed E-state index contributed by atoms with van der Waals surface area (Å²) in [6.07, 6.45) is 0. The van der Waals surface area contributed by atoms with Crippen molar-refractivity contribution in [2.75, 3.05) is 7.11 Å². The van der Waals surface area contributed by atoms with Crippen molar-refractivity contribution in [3.63, 3.8) is 0 Å². The Balaban J connectivity index is 3.26. The molecule has 1 atom stereocenters. The van der Waals surface area contributed by atoms with Crippen molar-refractivity contribution in [3.8, 4) is 5.75 Å². The molecule has 0 aliphatic heterocycles. The number of carboxylic acid groups (broad SMARTS) is 1. The van der Waals surface area contributed by atoms with Crippen LogP contribution in [0.25, 0.3) is 0 Å². The monoisotopic (exact) mass is 259 g/mol. The van der Waals surface area contributed by atoms with Gasteiger partial charge in [-0.2, -0.15) is 0 Å². The number of carboxylic acids is 1. The maximum Gasteiger partial charge on any atom is 0.311 e. The number of methoxy groups -OCH3 is 1. The number of hydrogen-bond donors (Lipinski definition) is 2. The summed E-state index contributed by atoms with van der Waals surface area (Å²) in [5, 5.41) is 9.01. The first-order valence-electron chi connectivity index (χ1n) is 5.23. The van der Waals surface area contributed by atoms with E-state index in [-0.39, 0.29) is 11.3 Å². The van der Waals surface area contributed by atoms with Gasteiger partial charge in [-0.15, -0.1) is 0 Å². The lowest BCUT2D eigenvalue weighted by atomic mass is 9.81. The van der Waals surface area contributed by atoms with Gasteiger partial charge in [-0.25, -0.2) is 8.78 Å². The van der Waals surface area contributed by atoms with Crippen molar-refractivity contribution >= 4 is 5.97 Å². The van der Waals surface area contributed by atoms with E-state index in [1.807, 2.05) is 0 Å². The van der Waals surface area contributed by atoms with Crippen LogP contribution in [-0.4, -0.2) is 18.2 Å². The molecule has 0 saturated carbocycles. The molecule has 0 aliphatic carbocycles. The Morgan fingerprint density at radius 3 is 2.39 bits per heavy atom. The van der Waals surface area contributed by atoms with Gasteiger partial charge in [0.1, 0.15) is 5.82 Å². The minimum Gasteiger partial charge on any atom is -0.494 e. The zero-order chi connectivity index (χ0) is 14.1. The SMILES string of the molecule is COc1cc(F)c(C(N)C(C)(C)C(=O)O)cc1F. The predicted molar refractivity (Wildman–Crippen MR) is 61.3 cm³/mol. The van der Waals surface area contributed by atoms with Gasteiger partial charge < -0.3 is 15.6 Å². The molecule has 0 radical (unpaired) electrons. The van der Waals surface area contributed by atoms with Crippen LogP contribution in [0.3, 0.4) is 0 Å².